The Morgan fingerprint density at radius 3 is 2.88 bits per heavy atom. The van der Waals surface area contributed by atoms with Gasteiger partial charge in [0.1, 0.15) is 0 Å². The standard InChI is InChI=1S/C11H11FN2O3/c1-6(12)17-11-13-8-4-3-7(10(15)16)5-9(8)14(11)2/h3-6H,1-2H3,(H,15,16). The third kappa shape index (κ3) is 2.06. The number of benzene rings is 1. The van der Waals surface area contributed by atoms with E-state index in [9.17, 15) is 9.18 Å². The molecule has 1 aromatic heterocycles. The molecule has 0 radical (unpaired) electrons. The fourth-order valence-corrected chi connectivity index (χ4v) is 1.55. The van der Waals surface area contributed by atoms with Gasteiger partial charge in [0, 0.05) is 14.0 Å². The van der Waals surface area contributed by atoms with E-state index >= 15 is 0 Å². The molecule has 1 atom stereocenters. The average Bonchev–Trinajstić information content (AvgIpc) is 2.55. The molecule has 17 heavy (non-hydrogen) atoms. The Morgan fingerprint density at radius 2 is 2.29 bits per heavy atom. The molecule has 0 spiro atoms. The van der Waals surface area contributed by atoms with Gasteiger partial charge >= 0.3 is 5.97 Å². The second kappa shape index (κ2) is 4.04. The number of carboxylic acids is 1. The summed E-state index contributed by atoms with van der Waals surface area (Å²) < 4.78 is 19.1. The van der Waals surface area contributed by atoms with Crippen molar-refractivity contribution in [3.63, 3.8) is 0 Å². The van der Waals surface area contributed by atoms with Crippen LogP contribution in [0, 0.1) is 0 Å². The van der Waals surface area contributed by atoms with Crippen molar-refractivity contribution in [2.45, 2.75) is 13.3 Å². The minimum absolute atomic E-state index is 0.123. The van der Waals surface area contributed by atoms with Crippen LogP contribution in [0.2, 0.25) is 0 Å². The van der Waals surface area contributed by atoms with Crippen LogP contribution in [0.5, 0.6) is 6.01 Å². The molecular formula is C11H11FN2O3. The van der Waals surface area contributed by atoms with Crippen molar-refractivity contribution in [2.24, 2.45) is 7.05 Å². The number of hydrogen-bond acceptors (Lipinski definition) is 3. The van der Waals surface area contributed by atoms with Crippen LogP contribution >= 0.6 is 0 Å². The van der Waals surface area contributed by atoms with Gasteiger partial charge in [-0.25, -0.2) is 9.18 Å². The molecule has 0 saturated carbocycles. The number of fused-ring (bicyclic) bond motifs is 1. The van der Waals surface area contributed by atoms with E-state index in [0.717, 1.165) is 0 Å². The van der Waals surface area contributed by atoms with Gasteiger partial charge in [-0.2, -0.15) is 4.98 Å². The van der Waals surface area contributed by atoms with Gasteiger partial charge in [0.2, 0.25) is 6.36 Å². The molecule has 90 valence electrons. The molecule has 6 heteroatoms. The van der Waals surface area contributed by atoms with Gasteiger partial charge in [0.15, 0.2) is 0 Å². The monoisotopic (exact) mass is 238 g/mol. The molecule has 1 heterocycles. The second-order valence-corrected chi connectivity index (χ2v) is 3.62. The van der Waals surface area contributed by atoms with Gasteiger partial charge in [-0.15, -0.1) is 0 Å². The summed E-state index contributed by atoms with van der Waals surface area (Å²) in [6, 6.07) is 4.60. The Balaban J connectivity index is 2.54. The number of carboxylic acid groups (broad SMARTS) is 1. The number of imidazole rings is 1. The summed E-state index contributed by atoms with van der Waals surface area (Å²) in [5.74, 6) is -1.02. The number of ether oxygens (including phenoxy) is 1. The van der Waals surface area contributed by atoms with E-state index in [2.05, 4.69) is 4.98 Å². The molecule has 0 aliphatic heterocycles. The van der Waals surface area contributed by atoms with E-state index in [4.69, 9.17) is 9.84 Å². The molecular weight excluding hydrogens is 227 g/mol. The lowest BCUT2D eigenvalue weighted by molar-refractivity contribution is 0.0694. The number of hydrogen-bond donors (Lipinski definition) is 1. The molecule has 1 aromatic carbocycles. The average molecular weight is 238 g/mol. The highest BCUT2D eigenvalue weighted by Crippen LogP contribution is 2.22. The van der Waals surface area contributed by atoms with E-state index in [1.807, 2.05) is 0 Å². The van der Waals surface area contributed by atoms with Crippen LogP contribution in [-0.4, -0.2) is 27.0 Å². The lowest BCUT2D eigenvalue weighted by atomic mass is 10.2. The predicted molar refractivity (Wildman–Crippen MR) is 58.9 cm³/mol. The van der Waals surface area contributed by atoms with Gasteiger partial charge in [0.05, 0.1) is 16.6 Å². The Bertz CT molecular complexity index is 577. The SMILES string of the molecule is CC(F)Oc1nc2ccc(C(=O)O)cc2n1C. The van der Waals surface area contributed by atoms with Crippen LogP contribution in [0.3, 0.4) is 0 Å². The molecule has 0 saturated heterocycles. The zero-order valence-electron chi connectivity index (χ0n) is 9.35. The Labute approximate surface area is 96.4 Å². The number of alkyl halides is 1. The second-order valence-electron chi connectivity index (χ2n) is 3.62. The van der Waals surface area contributed by atoms with E-state index < -0.39 is 12.3 Å². The lowest BCUT2D eigenvalue weighted by Gasteiger charge is -2.05. The van der Waals surface area contributed by atoms with Gasteiger partial charge in [-0.05, 0) is 18.2 Å². The number of rotatable bonds is 3. The maximum Gasteiger partial charge on any atom is 0.335 e. The normalized spacial score (nSPS) is 12.6. The van der Waals surface area contributed by atoms with Crippen molar-refractivity contribution in [3.8, 4) is 6.01 Å². The molecule has 0 bridgehead atoms. The highest BCUT2D eigenvalue weighted by molar-refractivity contribution is 5.92. The van der Waals surface area contributed by atoms with Crippen molar-refractivity contribution in [1.29, 1.82) is 0 Å². The minimum atomic E-state index is -1.47. The van der Waals surface area contributed by atoms with Crippen LogP contribution in [0.1, 0.15) is 17.3 Å². The number of aromatic carboxylic acids is 1. The fourth-order valence-electron chi connectivity index (χ4n) is 1.55. The summed E-state index contributed by atoms with van der Waals surface area (Å²) >= 11 is 0. The number of halogens is 1. The summed E-state index contributed by atoms with van der Waals surface area (Å²) in [5.41, 5.74) is 1.30. The van der Waals surface area contributed by atoms with Crippen LogP contribution in [0.4, 0.5) is 4.39 Å². The van der Waals surface area contributed by atoms with Gasteiger partial charge in [-0.1, -0.05) is 0 Å². The molecule has 2 rings (SSSR count). The first-order valence-corrected chi connectivity index (χ1v) is 4.99. The maximum absolute atomic E-state index is 12.7. The maximum atomic E-state index is 12.7. The quantitative estimate of drug-likeness (QED) is 0.887. The third-order valence-electron chi connectivity index (χ3n) is 2.35. The Kier molecular flexibility index (Phi) is 2.71. The van der Waals surface area contributed by atoms with Crippen LogP contribution in [0.15, 0.2) is 18.2 Å². The Hall–Kier alpha value is -2.11. The molecule has 0 aliphatic rings. The first kappa shape index (κ1) is 11.4. The first-order chi connectivity index (χ1) is 7.99. The first-order valence-electron chi connectivity index (χ1n) is 4.99. The smallest absolute Gasteiger partial charge is 0.335 e. The molecule has 0 amide bonds. The van der Waals surface area contributed by atoms with Crippen molar-refractivity contribution >= 4 is 17.0 Å². The van der Waals surface area contributed by atoms with Crippen molar-refractivity contribution in [3.05, 3.63) is 23.8 Å². The summed E-state index contributed by atoms with van der Waals surface area (Å²) in [7, 11) is 1.64. The fraction of sp³-hybridized carbons (Fsp3) is 0.273. The van der Waals surface area contributed by atoms with Gasteiger partial charge < -0.3 is 9.84 Å². The van der Waals surface area contributed by atoms with E-state index in [1.54, 1.807) is 13.1 Å². The van der Waals surface area contributed by atoms with Crippen LogP contribution in [0.25, 0.3) is 11.0 Å². The molecule has 0 aliphatic carbocycles. The number of carbonyl (C=O) groups is 1. The highest BCUT2D eigenvalue weighted by Gasteiger charge is 2.13. The summed E-state index contributed by atoms with van der Waals surface area (Å²) in [5, 5.41) is 8.87. The summed E-state index contributed by atoms with van der Waals surface area (Å²) in [6.07, 6.45) is -1.47. The molecule has 1 N–H and O–H groups in total. The van der Waals surface area contributed by atoms with Crippen molar-refractivity contribution in [2.75, 3.05) is 0 Å². The van der Waals surface area contributed by atoms with Crippen LogP contribution in [-0.2, 0) is 7.05 Å². The van der Waals surface area contributed by atoms with E-state index in [-0.39, 0.29) is 11.6 Å². The van der Waals surface area contributed by atoms with E-state index in [0.29, 0.717) is 11.0 Å². The molecule has 5 nitrogen and oxygen atoms in total. The third-order valence-corrected chi connectivity index (χ3v) is 2.35. The van der Waals surface area contributed by atoms with Crippen molar-refractivity contribution in [1.82, 2.24) is 9.55 Å². The Morgan fingerprint density at radius 1 is 1.59 bits per heavy atom. The minimum Gasteiger partial charge on any atom is -0.478 e. The van der Waals surface area contributed by atoms with Crippen LogP contribution < -0.4 is 4.74 Å². The summed E-state index contributed by atoms with van der Waals surface area (Å²) in [4.78, 5) is 14.9. The van der Waals surface area contributed by atoms with Crippen molar-refractivity contribution < 1.29 is 19.0 Å². The lowest BCUT2D eigenvalue weighted by Crippen LogP contribution is -2.07. The topological polar surface area (TPSA) is 64.3 Å². The zero-order valence-corrected chi connectivity index (χ0v) is 9.35. The molecule has 0 fully saturated rings. The number of aryl methyl sites for hydroxylation is 1. The largest absolute Gasteiger partial charge is 0.478 e. The van der Waals surface area contributed by atoms with Gasteiger partial charge in [-0.3, -0.25) is 4.57 Å². The predicted octanol–water partition coefficient (Wildman–Crippen LogP) is 1.97. The van der Waals surface area contributed by atoms with Gasteiger partial charge in [0.25, 0.3) is 6.01 Å². The molecule has 1 unspecified atom stereocenters. The highest BCUT2D eigenvalue weighted by atomic mass is 19.1. The number of nitrogens with zero attached hydrogens (tertiary/aromatic N) is 2. The van der Waals surface area contributed by atoms with E-state index in [1.165, 1.54) is 23.6 Å². The number of aromatic nitrogens is 2. The molecule has 2 aromatic rings. The summed E-state index contributed by atoms with van der Waals surface area (Å²) in [6.45, 7) is 1.25. The zero-order chi connectivity index (χ0) is 12.6.